The number of piperidine rings is 1. The molecule has 0 saturated carbocycles. The molecule has 168 valence electrons. The van der Waals surface area contributed by atoms with Gasteiger partial charge in [0.05, 0.1) is 5.56 Å². The van der Waals surface area contributed by atoms with Crippen molar-refractivity contribution in [3.05, 3.63) is 77.6 Å². The fraction of sp³-hybridized carbons (Fsp3) is 0.304. The number of hydrogen-bond donors (Lipinski definition) is 1. The summed E-state index contributed by atoms with van der Waals surface area (Å²) in [4.78, 5) is 21.5. The van der Waals surface area contributed by atoms with Gasteiger partial charge in [-0.3, -0.25) is 0 Å². The summed E-state index contributed by atoms with van der Waals surface area (Å²) in [6, 6.07) is 12.2. The fourth-order valence-corrected chi connectivity index (χ4v) is 4.54. The van der Waals surface area contributed by atoms with E-state index in [4.69, 9.17) is 4.74 Å². The van der Waals surface area contributed by atoms with E-state index in [0.29, 0.717) is 30.5 Å². The Kier molecular flexibility index (Phi) is 6.74. The molecule has 1 aliphatic heterocycles. The van der Waals surface area contributed by atoms with Crippen LogP contribution in [-0.4, -0.2) is 39.3 Å². The van der Waals surface area contributed by atoms with E-state index in [9.17, 15) is 18.0 Å². The van der Waals surface area contributed by atoms with E-state index < -0.39 is 11.7 Å². The van der Waals surface area contributed by atoms with Crippen molar-refractivity contribution in [2.24, 2.45) is 0 Å². The van der Waals surface area contributed by atoms with Gasteiger partial charge in [-0.05, 0) is 54.7 Å². The van der Waals surface area contributed by atoms with Crippen LogP contribution in [0.2, 0.25) is 0 Å². The van der Waals surface area contributed by atoms with Crippen LogP contribution in [0.5, 0.6) is 5.75 Å². The van der Waals surface area contributed by atoms with Gasteiger partial charge in [-0.1, -0.05) is 36.0 Å². The van der Waals surface area contributed by atoms with Crippen LogP contribution < -0.4 is 4.74 Å². The summed E-state index contributed by atoms with van der Waals surface area (Å²) in [6.45, 7) is 1.26. The lowest BCUT2D eigenvalue weighted by atomic mass is 10.0. The van der Waals surface area contributed by atoms with Gasteiger partial charge in [0.15, 0.2) is 5.16 Å². The molecule has 2 heterocycles. The van der Waals surface area contributed by atoms with E-state index in [0.717, 1.165) is 41.3 Å². The first-order valence-corrected chi connectivity index (χ1v) is 11.1. The molecule has 1 aromatic heterocycles. The van der Waals surface area contributed by atoms with Gasteiger partial charge < -0.3 is 14.6 Å². The first-order valence-electron chi connectivity index (χ1n) is 10.2. The van der Waals surface area contributed by atoms with Crippen LogP contribution in [0.15, 0.2) is 66.1 Å². The fourth-order valence-electron chi connectivity index (χ4n) is 3.52. The normalized spacial score (nSPS) is 15.0. The minimum atomic E-state index is -4.34. The zero-order valence-electron chi connectivity index (χ0n) is 17.1. The third-order valence-electron chi connectivity index (χ3n) is 5.27. The zero-order chi connectivity index (χ0) is 22.6. The van der Waals surface area contributed by atoms with Gasteiger partial charge in [0.25, 0.3) is 0 Å². The lowest BCUT2D eigenvalue weighted by Crippen LogP contribution is -2.40. The Labute approximate surface area is 188 Å². The molecule has 0 unspecified atom stereocenters. The van der Waals surface area contributed by atoms with Gasteiger partial charge in [-0.2, -0.15) is 13.2 Å². The monoisotopic (exact) mass is 461 g/mol. The number of carbonyl (C=O) groups is 1. The zero-order valence-corrected chi connectivity index (χ0v) is 18.0. The molecule has 1 fully saturated rings. The standard InChI is InChI=1S/C23H22F3N3O2S/c24-23(25,26)18-5-1-16(2-6-18)15-17-3-7-19(8-4-17)31-22(30)29-13-9-20(10-14-29)32-21-27-11-12-28-21/h1-8,11-12,20H,9-10,13-15H2,(H,27,28). The highest BCUT2D eigenvalue weighted by Gasteiger charge is 2.30. The largest absolute Gasteiger partial charge is 0.416 e. The summed E-state index contributed by atoms with van der Waals surface area (Å²) in [7, 11) is 0. The predicted molar refractivity (Wildman–Crippen MR) is 116 cm³/mol. The Hall–Kier alpha value is -2.94. The lowest BCUT2D eigenvalue weighted by Gasteiger charge is -2.30. The molecule has 0 aliphatic carbocycles. The highest BCUT2D eigenvalue weighted by atomic mass is 32.2. The molecule has 1 aliphatic rings. The van der Waals surface area contributed by atoms with Crippen molar-refractivity contribution >= 4 is 17.9 Å². The molecule has 1 N–H and O–H groups in total. The summed E-state index contributed by atoms with van der Waals surface area (Å²) >= 11 is 1.69. The Morgan fingerprint density at radius 3 is 2.25 bits per heavy atom. The van der Waals surface area contributed by atoms with E-state index in [-0.39, 0.29) is 6.09 Å². The Morgan fingerprint density at radius 2 is 1.69 bits per heavy atom. The molecular weight excluding hydrogens is 439 g/mol. The number of aromatic amines is 1. The quantitative estimate of drug-likeness (QED) is 0.524. The summed E-state index contributed by atoms with van der Waals surface area (Å²) in [5, 5.41) is 1.30. The van der Waals surface area contributed by atoms with Gasteiger partial charge in [0.1, 0.15) is 5.75 Å². The summed E-state index contributed by atoms with van der Waals surface area (Å²) < 4.78 is 43.5. The maximum Gasteiger partial charge on any atom is 0.416 e. The summed E-state index contributed by atoms with van der Waals surface area (Å²) in [5.41, 5.74) is 1.03. The molecular formula is C23H22F3N3O2S. The van der Waals surface area contributed by atoms with Crippen molar-refractivity contribution in [1.29, 1.82) is 0 Å². The van der Waals surface area contributed by atoms with Crippen molar-refractivity contribution in [2.45, 2.75) is 35.8 Å². The van der Waals surface area contributed by atoms with Crippen molar-refractivity contribution in [2.75, 3.05) is 13.1 Å². The molecule has 0 atom stereocenters. The molecule has 0 spiro atoms. The maximum absolute atomic E-state index is 12.7. The third kappa shape index (κ3) is 5.85. The molecule has 3 aromatic rings. The van der Waals surface area contributed by atoms with Gasteiger partial charge in [0.2, 0.25) is 0 Å². The number of thioether (sulfide) groups is 1. The van der Waals surface area contributed by atoms with E-state index >= 15 is 0 Å². The van der Waals surface area contributed by atoms with Gasteiger partial charge in [-0.15, -0.1) is 0 Å². The number of nitrogens with zero attached hydrogens (tertiary/aromatic N) is 2. The number of halogens is 3. The molecule has 0 bridgehead atoms. The van der Waals surface area contributed by atoms with E-state index in [1.54, 1.807) is 41.2 Å². The van der Waals surface area contributed by atoms with Crippen LogP contribution in [-0.2, 0) is 12.6 Å². The molecule has 5 nitrogen and oxygen atoms in total. The number of H-pyrrole nitrogens is 1. The van der Waals surface area contributed by atoms with E-state index in [1.165, 1.54) is 12.1 Å². The smallest absolute Gasteiger partial charge is 0.410 e. The second-order valence-electron chi connectivity index (χ2n) is 7.58. The SMILES string of the molecule is O=C(Oc1ccc(Cc2ccc(C(F)(F)F)cc2)cc1)N1CCC(Sc2ncc[nH]2)CC1. The Balaban J connectivity index is 1.26. The molecule has 0 radical (unpaired) electrons. The lowest BCUT2D eigenvalue weighted by molar-refractivity contribution is -0.137. The van der Waals surface area contributed by atoms with Gasteiger partial charge in [-0.25, -0.2) is 9.78 Å². The number of rotatable bonds is 5. The number of aromatic nitrogens is 2. The number of amides is 1. The van der Waals surface area contributed by atoms with Crippen LogP contribution in [0, 0.1) is 0 Å². The molecule has 32 heavy (non-hydrogen) atoms. The molecule has 1 amide bonds. The number of imidazole rings is 1. The number of benzene rings is 2. The van der Waals surface area contributed by atoms with E-state index in [1.807, 2.05) is 12.1 Å². The predicted octanol–water partition coefficient (Wildman–Crippen LogP) is 5.77. The second-order valence-corrected chi connectivity index (χ2v) is 8.87. The molecule has 4 rings (SSSR count). The number of hydrogen-bond acceptors (Lipinski definition) is 4. The third-order valence-corrected chi connectivity index (χ3v) is 6.52. The van der Waals surface area contributed by atoms with Gasteiger partial charge in [0, 0.05) is 30.7 Å². The van der Waals surface area contributed by atoms with Crippen molar-refractivity contribution in [1.82, 2.24) is 14.9 Å². The summed E-state index contributed by atoms with van der Waals surface area (Å²) in [5.74, 6) is 0.443. The number of ether oxygens (including phenoxy) is 1. The minimum Gasteiger partial charge on any atom is -0.410 e. The molecule has 9 heteroatoms. The molecule has 1 saturated heterocycles. The number of alkyl halides is 3. The van der Waals surface area contributed by atoms with Crippen molar-refractivity contribution in [3.8, 4) is 5.75 Å². The summed E-state index contributed by atoms with van der Waals surface area (Å²) in [6.07, 6.45) is 1.04. The molecule has 2 aromatic carbocycles. The van der Waals surface area contributed by atoms with E-state index in [2.05, 4.69) is 9.97 Å². The van der Waals surface area contributed by atoms with Crippen LogP contribution in [0.25, 0.3) is 0 Å². The average molecular weight is 462 g/mol. The van der Waals surface area contributed by atoms with Crippen LogP contribution in [0.1, 0.15) is 29.5 Å². The Bertz CT molecular complexity index is 1010. The Morgan fingerprint density at radius 1 is 1.06 bits per heavy atom. The van der Waals surface area contributed by atoms with Crippen LogP contribution in [0.4, 0.5) is 18.0 Å². The minimum absolute atomic E-state index is 0.373. The second kappa shape index (κ2) is 9.68. The topological polar surface area (TPSA) is 58.2 Å². The highest BCUT2D eigenvalue weighted by Crippen LogP contribution is 2.30. The first kappa shape index (κ1) is 22.3. The van der Waals surface area contributed by atoms with Crippen LogP contribution in [0.3, 0.4) is 0 Å². The van der Waals surface area contributed by atoms with Crippen molar-refractivity contribution in [3.63, 3.8) is 0 Å². The number of likely N-dealkylation sites (tertiary alicyclic amines) is 1. The average Bonchev–Trinajstić information content (AvgIpc) is 3.28. The van der Waals surface area contributed by atoms with Crippen LogP contribution >= 0.6 is 11.8 Å². The van der Waals surface area contributed by atoms with Crippen molar-refractivity contribution < 1.29 is 22.7 Å². The first-order chi connectivity index (χ1) is 15.4. The number of carbonyl (C=O) groups excluding carboxylic acids is 1. The maximum atomic E-state index is 12.7. The number of nitrogens with one attached hydrogen (secondary N) is 1. The van der Waals surface area contributed by atoms with Gasteiger partial charge >= 0.3 is 12.3 Å². The highest BCUT2D eigenvalue weighted by molar-refractivity contribution is 7.99.